The summed E-state index contributed by atoms with van der Waals surface area (Å²) >= 11 is 5.94. The van der Waals surface area contributed by atoms with Gasteiger partial charge in [0.25, 0.3) is 5.69 Å². The first kappa shape index (κ1) is 14.1. The highest BCUT2D eigenvalue weighted by molar-refractivity contribution is 6.30. The van der Waals surface area contributed by atoms with Gasteiger partial charge in [-0.05, 0) is 24.6 Å². The highest BCUT2D eigenvalue weighted by atomic mass is 35.5. The Morgan fingerprint density at radius 2 is 1.95 bits per heavy atom. The number of anilines is 3. The predicted octanol–water partition coefficient (Wildman–Crippen LogP) is 3.74. The van der Waals surface area contributed by atoms with Crippen molar-refractivity contribution in [1.82, 2.24) is 4.98 Å². The molecule has 0 bridgehead atoms. The molecule has 2 N–H and O–H groups in total. The van der Waals surface area contributed by atoms with Crippen LogP contribution in [0.2, 0.25) is 5.02 Å². The van der Waals surface area contributed by atoms with Crippen LogP contribution in [0.5, 0.6) is 0 Å². The summed E-state index contributed by atoms with van der Waals surface area (Å²) in [6.07, 6.45) is 0. The number of rotatable bonds is 4. The third-order valence-electron chi connectivity index (χ3n) is 2.74. The highest BCUT2D eigenvalue weighted by Crippen LogP contribution is 2.26. The molecule has 2 aromatic rings. The molecule has 0 amide bonds. The molecule has 0 atom stereocenters. The van der Waals surface area contributed by atoms with E-state index in [1.165, 1.54) is 12.1 Å². The van der Waals surface area contributed by atoms with Crippen molar-refractivity contribution in [3.05, 3.63) is 51.0 Å². The zero-order valence-corrected chi connectivity index (χ0v) is 11.7. The van der Waals surface area contributed by atoms with Gasteiger partial charge in [0, 0.05) is 17.8 Å². The Morgan fingerprint density at radius 3 is 2.60 bits per heavy atom. The van der Waals surface area contributed by atoms with E-state index >= 15 is 0 Å². The van der Waals surface area contributed by atoms with E-state index in [4.69, 9.17) is 11.6 Å². The number of halogens is 1. The van der Waals surface area contributed by atoms with Crippen molar-refractivity contribution in [2.24, 2.45) is 0 Å². The average Bonchev–Trinajstić information content (AvgIpc) is 2.42. The molecule has 0 fully saturated rings. The lowest BCUT2D eigenvalue weighted by molar-refractivity contribution is -0.384. The van der Waals surface area contributed by atoms with Gasteiger partial charge in [-0.3, -0.25) is 10.1 Å². The molecule has 0 saturated carbocycles. The Morgan fingerprint density at radius 1 is 1.25 bits per heavy atom. The van der Waals surface area contributed by atoms with E-state index in [0.29, 0.717) is 16.7 Å². The van der Waals surface area contributed by atoms with Gasteiger partial charge in [-0.2, -0.15) is 0 Å². The minimum absolute atomic E-state index is 0.0356. The first-order valence-corrected chi connectivity index (χ1v) is 6.25. The van der Waals surface area contributed by atoms with Gasteiger partial charge >= 0.3 is 0 Å². The van der Waals surface area contributed by atoms with Crippen molar-refractivity contribution in [1.29, 1.82) is 0 Å². The molecule has 0 unspecified atom stereocenters. The van der Waals surface area contributed by atoms with Gasteiger partial charge in [0.2, 0.25) is 0 Å². The van der Waals surface area contributed by atoms with Gasteiger partial charge in [0.15, 0.2) is 0 Å². The number of hydrogen-bond donors (Lipinski definition) is 2. The summed E-state index contributed by atoms with van der Waals surface area (Å²) in [6, 6.07) is 8.14. The van der Waals surface area contributed by atoms with Crippen LogP contribution in [-0.4, -0.2) is 17.0 Å². The molecular formula is C13H13ClN4O2. The fourth-order valence-corrected chi connectivity index (χ4v) is 1.85. The zero-order valence-electron chi connectivity index (χ0n) is 11.0. The minimum Gasteiger partial charge on any atom is -0.373 e. The molecule has 0 spiro atoms. The van der Waals surface area contributed by atoms with Crippen molar-refractivity contribution in [2.75, 3.05) is 17.7 Å². The monoisotopic (exact) mass is 292 g/mol. The van der Waals surface area contributed by atoms with E-state index in [-0.39, 0.29) is 5.69 Å². The van der Waals surface area contributed by atoms with Gasteiger partial charge in [-0.15, -0.1) is 0 Å². The standard InChI is InChI=1S/C13H13ClN4O2/c1-8-3-4-9(14)5-11(8)16-13-7-10(18(19)20)6-12(15-2)17-13/h3-7H,1-2H3,(H2,15,16,17). The van der Waals surface area contributed by atoms with Crippen molar-refractivity contribution in [2.45, 2.75) is 6.92 Å². The zero-order chi connectivity index (χ0) is 14.7. The maximum Gasteiger partial charge on any atom is 0.276 e. The fourth-order valence-electron chi connectivity index (χ4n) is 1.68. The number of pyridine rings is 1. The maximum atomic E-state index is 10.9. The molecule has 0 aliphatic heterocycles. The molecule has 6 nitrogen and oxygen atoms in total. The van der Waals surface area contributed by atoms with Crippen LogP contribution in [0.3, 0.4) is 0 Å². The van der Waals surface area contributed by atoms with E-state index in [1.54, 1.807) is 19.2 Å². The van der Waals surface area contributed by atoms with Crippen LogP contribution < -0.4 is 10.6 Å². The summed E-state index contributed by atoms with van der Waals surface area (Å²) in [5, 5.41) is 17.3. The van der Waals surface area contributed by atoms with E-state index in [2.05, 4.69) is 15.6 Å². The number of aryl methyl sites for hydroxylation is 1. The topological polar surface area (TPSA) is 80.1 Å². The smallest absolute Gasteiger partial charge is 0.276 e. The highest BCUT2D eigenvalue weighted by Gasteiger charge is 2.11. The average molecular weight is 293 g/mol. The second-order valence-corrected chi connectivity index (χ2v) is 4.62. The SMILES string of the molecule is CNc1cc([N+](=O)[O-])cc(Nc2cc(Cl)ccc2C)n1. The largest absolute Gasteiger partial charge is 0.373 e. The number of hydrogen-bond acceptors (Lipinski definition) is 5. The number of nitro groups is 1. The Bertz CT molecular complexity index is 661. The van der Waals surface area contributed by atoms with Crippen LogP contribution in [0.4, 0.5) is 23.0 Å². The molecule has 2 rings (SSSR count). The van der Waals surface area contributed by atoms with Crippen LogP contribution >= 0.6 is 11.6 Å². The van der Waals surface area contributed by atoms with Crippen LogP contribution in [0.1, 0.15) is 5.56 Å². The van der Waals surface area contributed by atoms with Crippen LogP contribution in [-0.2, 0) is 0 Å². The van der Waals surface area contributed by atoms with E-state index in [9.17, 15) is 10.1 Å². The molecule has 0 saturated heterocycles. The van der Waals surface area contributed by atoms with Crippen LogP contribution in [0, 0.1) is 17.0 Å². The second-order valence-electron chi connectivity index (χ2n) is 4.19. The summed E-state index contributed by atoms with van der Waals surface area (Å²) in [7, 11) is 1.65. The van der Waals surface area contributed by atoms with E-state index in [1.807, 2.05) is 13.0 Å². The predicted molar refractivity (Wildman–Crippen MR) is 79.9 cm³/mol. The van der Waals surface area contributed by atoms with Gasteiger partial charge in [0.1, 0.15) is 11.6 Å². The van der Waals surface area contributed by atoms with Crippen molar-refractivity contribution >= 4 is 34.6 Å². The van der Waals surface area contributed by atoms with E-state index in [0.717, 1.165) is 11.3 Å². The number of aromatic nitrogens is 1. The summed E-state index contributed by atoms with van der Waals surface area (Å²) in [5.74, 6) is 0.801. The van der Waals surface area contributed by atoms with Crippen molar-refractivity contribution in [3.63, 3.8) is 0 Å². The Balaban J connectivity index is 2.39. The van der Waals surface area contributed by atoms with Crippen molar-refractivity contribution < 1.29 is 4.92 Å². The molecule has 1 aromatic heterocycles. The van der Waals surface area contributed by atoms with E-state index < -0.39 is 4.92 Å². The lowest BCUT2D eigenvalue weighted by Gasteiger charge is -2.10. The maximum absolute atomic E-state index is 10.9. The normalized spacial score (nSPS) is 10.2. The molecule has 7 heteroatoms. The lowest BCUT2D eigenvalue weighted by atomic mass is 10.2. The first-order chi connectivity index (χ1) is 9.49. The van der Waals surface area contributed by atoms with Crippen LogP contribution in [0.25, 0.3) is 0 Å². The second kappa shape index (κ2) is 5.75. The Kier molecular flexibility index (Phi) is 4.05. The fraction of sp³-hybridized carbons (Fsp3) is 0.154. The summed E-state index contributed by atoms with van der Waals surface area (Å²) in [4.78, 5) is 14.7. The molecule has 0 aliphatic rings. The first-order valence-electron chi connectivity index (χ1n) is 5.87. The quantitative estimate of drug-likeness (QED) is 0.663. The third kappa shape index (κ3) is 3.16. The number of nitrogens with one attached hydrogen (secondary N) is 2. The number of nitrogens with zero attached hydrogens (tertiary/aromatic N) is 2. The van der Waals surface area contributed by atoms with Crippen LogP contribution in [0.15, 0.2) is 30.3 Å². The van der Waals surface area contributed by atoms with Gasteiger partial charge in [-0.1, -0.05) is 17.7 Å². The third-order valence-corrected chi connectivity index (χ3v) is 2.97. The minimum atomic E-state index is -0.460. The molecule has 0 radical (unpaired) electrons. The molecule has 104 valence electrons. The summed E-state index contributed by atoms with van der Waals surface area (Å²) in [6.45, 7) is 1.91. The Hall–Kier alpha value is -2.34. The molecule has 1 heterocycles. The molecule has 20 heavy (non-hydrogen) atoms. The summed E-state index contributed by atoms with van der Waals surface area (Å²) < 4.78 is 0. The number of benzene rings is 1. The van der Waals surface area contributed by atoms with Gasteiger partial charge < -0.3 is 10.6 Å². The Labute approximate surface area is 120 Å². The molecule has 0 aliphatic carbocycles. The van der Waals surface area contributed by atoms with Gasteiger partial charge in [0.05, 0.1) is 17.1 Å². The van der Waals surface area contributed by atoms with Crippen molar-refractivity contribution in [3.8, 4) is 0 Å². The lowest BCUT2D eigenvalue weighted by Crippen LogP contribution is -2.01. The summed E-state index contributed by atoms with van der Waals surface area (Å²) in [5.41, 5.74) is 1.69. The van der Waals surface area contributed by atoms with Gasteiger partial charge in [-0.25, -0.2) is 4.98 Å². The molecule has 1 aromatic carbocycles. The molecular weight excluding hydrogens is 280 g/mol.